The van der Waals surface area contributed by atoms with Crippen LogP contribution in [0.4, 0.5) is 17.2 Å². The molecule has 0 unspecified atom stereocenters. The number of benzene rings is 3. The van der Waals surface area contributed by atoms with Gasteiger partial charge < -0.3 is 10.6 Å². The molecule has 0 aliphatic heterocycles. The quantitative estimate of drug-likeness (QED) is 0.354. The van der Waals surface area contributed by atoms with Gasteiger partial charge in [-0.3, -0.25) is 4.98 Å². The topological polar surface area (TPSA) is 64.8 Å². The van der Waals surface area contributed by atoms with Gasteiger partial charge in [-0.25, -0.2) is 9.97 Å². The Morgan fingerprint density at radius 3 is 2.53 bits per heavy atom. The predicted molar refractivity (Wildman–Crippen MR) is 135 cm³/mol. The van der Waals surface area contributed by atoms with Crippen LogP contribution in [0.2, 0.25) is 5.02 Å². The van der Waals surface area contributed by atoms with Crippen molar-refractivity contribution in [2.45, 2.75) is 13.5 Å². The zero-order valence-electron chi connectivity index (χ0n) is 19.0. The fraction of sp³-hybridized carbons (Fsp3) is 0.0741. The van der Waals surface area contributed by atoms with E-state index >= 15 is 0 Å². The van der Waals surface area contributed by atoms with Gasteiger partial charge in [0.1, 0.15) is 5.82 Å². The number of para-hydroxylation sites is 2. The summed E-state index contributed by atoms with van der Waals surface area (Å²) >= 11 is 6.30. The van der Waals surface area contributed by atoms with Gasteiger partial charge in [0.15, 0.2) is 5.82 Å². The number of hydrogen-bond donors (Lipinski definition) is 1. The number of halogens is 1. The van der Waals surface area contributed by atoms with E-state index in [1.165, 1.54) is 5.56 Å². The van der Waals surface area contributed by atoms with Crippen LogP contribution in [0.25, 0.3) is 27.6 Å². The molecular weight excluding hydrogens is 469 g/mol. The summed E-state index contributed by atoms with van der Waals surface area (Å²) in [5, 5.41) is 9.78. The van der Waals surface area contributed by atoms with Crippen molar-refractivity contribution in [1.82, 2.24) is 15.0 Å². The first kappa shape index (κ1) is 24.8. The van der Waals surface area contributed by atoms with E-state index in [2.05, 4.69) is 41.5 Å². The molecule has 0 aliphatic carbocycles. The number of aromatic nitrogens is 3. The second-order valence-corrected chi connectivity index (χ2v) is 8.18. The Bertz CT molecular complexity index is 1410. The molecule has 0 amide bonds. The number of anilines is 2. The Morgan fingerprint density at radius 1 is 0.912 bits per heavy atom. The van der Waals surface area contributed by atoms with Crippen LogP contribution in [-0.4, -0.2) is 15.0 Å². The second-order valence-electron chi connectivity index (χ2n) is 7.74. The third kappa shape index (κ3) is 5.83. The Hall–Kier alpha value is -2.32. The molecule has 2 aromatic heterocycles. The van der Waals surface area contributed by atoms with Gasteiger partial charge in [0.25, 0.3) is 0 Å². The average Bonchev–Trinajstić information content (AvgIpc) is 2.85. The second kappa shape index (κ2) is 11.4. The van der Waals surface area contributed by atoms with E-state index in [9.17, 15) is 0 Å². The number of pyridine rings is 1. The van der Waals surface area contributed by atoms with Gasteiger partial charge >= 0.3 is 51.4 Å². The van der Waals surface area contributed by atoms with Gasteiger partial charge in [0.05, 0.1) is 5.52 Å². The fourth-order valence-electron chi connectivity index (χ4n) is 3.53. The monoisotopic (exact) mass is 489 g/mol. The molecule has 2 heterocycles. The number of fused-ring (bicyclic) bond motifs is 1. The van der Waals surface area contributed by atoms with Crippen molar-refractivity contribution < 1.29 is 51.4 Å². The first-order chi connectivity index (χ1) is 16.2. The van der Waals surface area contributed by atoms with Gasteiger partial charge in [-0.15, -0.1) is 12.2 Å². The largest absolute Gasteiger partial charge is 1.00 e. The Balaban J connectivity index is 0.00000274. The maximum Gasteiger partial charge on any atom is 1.00 e. The molecule has 162 valence electrons. The van der Waals surface area contributed by atoms with Crippen LogP contribution >= 0.6 is 11.6 Å². The zero-order chi connectivity index (χ0) is 22.6. The predicted octanol–water partition coefficient (Wildman–Crippen LogP) is 4.61. The fourth-order valence-corrected chi connectivity index (χ4v) is 3.71. The van der Waals surface area contributed by atoms with Crippen LogP contribution in [0.1, 0.15) is 11.1 Å². The minimum absolute atomic E-state index is 0. The molecule has 0 radical (unpaired) electrons. The van der Waals surface area contributed by atoms with Gasteiger partial charge in [-0.05, 0) is 43.3 Å². The SMILES string of the molecule is Cc1ccc(C[N-]c2ccccc2Nc2nc(-c3cccnc3)nc3ccc(Cl)cc23)cc1.[K+]. The van der Waals surface area contributed by atoms with Crippen molar-refractivity contribution in [3.05, 3.63) is 113 Å². The molecule has 34 heavy (non-hydrogen) atoms. The molecule has 0 aliphatic rings. The summed E-state index contributed by atoms with van der Waals surface area (Å²) in [6.45, 7) is 2.68. The van der Waals surface area contributed by atoms with Gasteiger partial charge in [0.2, 0.25) is 0 Å². The number of nitrogens with zero attached hydrogens (tertiary/aromatic N) is 4. The Labute approximate surface area is 246 Å². The molecule has 0 spiro atoms. The summed E-state index contributed by atoms with van der Waals surface area (Å²) in [6.07, 6.45) is 3.49. The van der Waals surface area contributed by atoms with Crippen molar-refractivity contribution in [1.29, 1.82) is 0 Å². The normalized spacial score (nSPS) is 10.5. The van der Waals surface area contributed by atoms with Crippen LogP contribution in [-0.2, 0) is 6.54 Å². The Kier molecular flexibility index (Phi) is 8.31. The van der Waals surface area contributed by atoms with E-state index in [-0.39, 0.29) is 51.4 Å². The molecule has 5 rings (SSSR count). The van der Waals surface area contributed by atoms with E-state index in [1.807, 2.05) is 54.6 Å². The van der Waals surface area contributed by atoms with Crippen molar-refractivity contribution in [2.75, 3.05) is 5.32 Å². The standard InChI is InChI=1S/C27H21ClN5.K/c1-18-8-10-19(11-9-18)16-30-24-6-2-3-7-25(24)32-27-22-15-21(28)12-13-23(22)31-26(33-27)20-5-4-14-29-17-20;/h2-15,17H,16H2,1H3,(H,31,32,33);/q-1;+1. The zero-order valence-corrected chi connectivity index (χ0v) is 22.9. The first-order valence-corrected chi connectivity index (χ1v) is 11.0. The number of nitrogens with one attached hydrogen (secondary N) is 1. The smallest absolute Gasteiger partial charge is 0.679 e. The van der Waals surface area contributed by atoms with Crippen LogP contribution in [0.5, 0.6) is 0 Å². The molecule has 0 bridgehead atoms. The molecule has 5 nitrogen and oxygen atoms in total. The molecule has 0 fully saturated rings. The van der Waals surface area contributed by atoms with Crippen LogP contribution in [0.3, 0.4) is 0 Å². The molecule has 7 heteroatoms. The van der Waals surface area contributed by atoms with Crippen LogP contribution in [0, 0.1) is 6.92 Å². The molecule has 3 aromatic carbocycles. The third-order valence-electron chi connectivity index (χ3n) is 5.29. The third-order valence-corrected chi connectivity index (χ3v) is 5.52. The van der Waals surface area contributed by atoms with E-state index in [4.69, 9.17) is 26.9 Å². The minimum atomic E-state index is 0. The summed E-state index contributed by atoms with van der Waals surface area (Å²) in [5.41, 5.74) is 5.75. The van der Waals surface area contributed by atoms with E-state index in [0.717, 1.165) is 33.4 Å². The van der Waals surface area contributed by atoms with Crippen molar-refractivity contribution in [2.24, 2.45) is 0 Å². The summed E-state index contributed by atoms with van der Waals surface area (Å²) in [6, 6.07) is 25.8. The number of rotatable bonds is 6. The van der Waals surface area contributed by atoms with Crippen molar-refractivity contribution in [3.63, 3.8) is 0 Å². The number of hydrogen-bond acceptors (Lipinski definition) is 4. The molecule has 0 atom stereocenters. The maximum absolute atomic E-state index is 6.30. The first-order valence-electron chi connectivity index (χ1n) is 10.6. The van der Waals surface area contributed by atoms with Crippen molar-refractivity contribution in [3.8, 4) is 11.4 Å². The molecule has 0 saturated heterocycles. The number of aryl methyl sites for hydroxylation is 1. The van der Waals surface area contributed by atoms with E-state index in [0.29, 0.717) is 23.2 Å². The van der Waals surface area contributed by atoms with E-state index < -0.39 is 0 Å². The maximum atomic E-state index is 6.30. The van der Waals surface area contributed by atoms with E-state index in [1.54, 1.807) is 12.4 Å². The summed E-state index contributed by atoms with van der Waals surface area (Å²) in [7, 11) is 0. The van der Waals surface area contributed by atoms with Crippen molar-refractivity contribution >= 4 is 39.7 Å². The molecular formula is C27H21ClKN5. The summed E-state index contributed by atoms with van der Waals surface area (Å²) < 4.78 is 0. The summed E-state index contributed by atoms with van der Waals surface area (Å²) in [4.78, 5) is 13.7. The van der Waals surface area contributed by atoms with Gasteiger partial charge in [0, 0.05) is 34.1 Å². The van der Waals surface area contributed by atoms with Gasteiger partial charge in [-0.2, -0.15) is 0 Å². The Morgan fingerprint density at radius 2 is 1.74 bits per heavy atom. The minimum Gasteiger partial charge on any atom is -0.679 e. The van der Waals surface area contributed by atoms with Gasteiger partial charge in [-0.1, -0.05) is 65.2 Å². The van der Waals surface area contributed by atoms with Crippen LogP contribution < -0.4 is 56.7 Å². The molecule has 5 aromatic rings. The summed E-state index contributed by atoms with van der Waals surface area (Å²) in [5.74, 6) is 1.26. The molecule has 0 saturated carbocycles. The molecule has 1 N–H and O–H groups in total. The average molecular weight is 490 g/mol. The van der Waals surface area contributed by atoms with Crippen LogP contribution in [0.15, 0.2) is 91.3 Å².